The number of hydrogen-bond acceptors (Lipinski definition) is 5. The van der Waals surface area contributed by atoms with E-state index in [0.29, 0.717) is 11.5 Å². The molecule has 3 aromatic rings. The Labute approximate surface area is 154 Å². The van der Waals surface area contributed by atoms with Crippen LogP contribution in [0.3, 0.4) is 0 Å². The van der Waals surface area contributed by atoms with Crippen LogP contribution in [0.25, 0.3) is 11.3 Å². The van der Waals surface area contributed by atoms with E-state index in [1.54, 1.807) is 12.1 Å². The Bertz CT molecular complexity index is 894. The molecule has 0 saturated carbocycles. The maximum Gasteiger partial charge on any atom is 0.227 e. The third kappa shape index (κ3) is 3.98. The zero-order chi connectivity index (χ0) is 18.4. The van der Waals surface area contributed by atoms with Crippen molar-refractivity contribution < 1.29 is 0 Å². The van der Waals surface area contributed by atoms with E-state index in [1.807, 2.05) is 48.5 Å². The van der Waals surface area contributed by atoms with Gasteiger partial charge in [-0.3, -0.25) is 0 Å². The van der Waals surface area contributed by atoms with E-state index in [0.717, 1.165) is 35.9 Å². The van der Waals surface area contributed by atoms with Gasteiger partial charge in [-0.15, -0.1) is 0 Å². The number of aromatic nitrogens is 2. The third-order valence-electron chi connectivity index (χ3n) is 4.12. The number of anilines is 3. The Morgan fingerprint density at radius 3 is 2.27 bits per heavy atom. The molecule has 1 aromatic heterocycles. The van der Waals surface area contributed by atoms with E-state index in [2.05, 4.69) is 35.1 Å². The first-order valence-electron chi connectivity index (χ1n) is 8.70. The summed E-state index contributed by atoms with van der Waals surface area (Å²) in [4.78, 5) is 11.5. The number of rotatable bonds is 6. The highest BCUT2D eigenvalue weighted by atomic mass is 15.3. The fourth-order valence-corrected chi connectivity index (χ4v) is 2.68. The number of hydrogen-bond donors (Lipinski definition) is 1. The van der Waals surface area contributed by atoms with Crippen LogP contribution in [0.4, 0.5) is 17.5 Å². The van der Waals surface area contributed by atoms with Gasteiger partial charge >= 0.3 is 0 Å². The van der Waals surface area contributed by atoms with Crippen LogP contribution >= 0.6 is 0 Å². The van der Waals surface area contributed by atoms with Gasteiger partial charge in [0.25, 0.3) is 0 Å². The lowest BCUT2D eigenvalue weighted by Gasteiger charge is -2.20. The van der Waals surface area contributed by atoms with Crippen LogP contribution in [-0.2, 0) is 0 Å². The summed E-state index contributed by atoms with van der Waals surface area (Å²) >= 11 is 0. The van der Waals surface area contributed by atoms with Gasteiger partial charge in [0, 0.05) is 30.4 Å². The van der Waals surface area contributed by atoms with Gasteiger partial charge in [-0.05, 0) is 38.1 Å². The van der Waals surface area contributed by atoms with Crippen LogP contribution in [0.1, 0.15) is 19.4 Å². The van der Waals surface area contributed by atoms with Crippen molar-refractivity contribution in [1.82, 2.24) is 9.97 Å². The van der Waals surface area contributed by atoms with Crippen LogP contribution in [0.15, 0.2) is 60.7 Å². The van der Waals surface area contributed by atoms with Gasteiger partial charge in [0.2, 0.25) is 5.95 Å². The average molecular weight is 343 g/mol. The molecule has 130 valence electrons. The maximum atomic E-state index is 8.94. The van der Waals surface area contributed by atoms with Crippen molar-refractivity contribution in [3.8, 4) is 17.3 Å². The smallest absolute Gasteiger partial charge is 0.227 e. The van der Waals surface area contributed by atoms with Gasteiger partial charge in [0.1, 0.15) is 5.82 Å². The second-order valence-electron chi connectivity index (χ2n) is 5.79. The van der Waals surface area contributed by atoms with E-state index in [9.17, 15) is 0 Å². The molecule has 0 unspecified atom stereocenters. The van der Waals surface area contributed by atoms with Crippen molar-refractivity contribution in [2.45, 2.75) is 13.8 Å². The molecule has 1 N–H and O–H groups in total. The molecule has 0 bridgehead atoms. The summed E-state index contributed by atoms with van der Waals surface area (Å²) in [6, 6.07) is 21.5. The molecule has 5 nitrogen and oxygen atoms in total. The number of nitriles is 1. The molecule has 0 saturated heterocycles. The molecule has 0 radical (unpaired) electrons. The highest BCUT2D eigenvalue weighted by Crippen LogP contribution is 2.25. The third-order valence-corrected chi connectivity index (χ3v) is 4.12. The second kappa shape index (κ2) is 8.13. The average Bonchev–Trinajstić information content (AvgIpc) is 2.70. The lowest BCUT2D eigenvalue weighted by atomic mass is 10.1. The van der Waals surface area contributed by atoms with Crippen LogP contribution in [0, 0.1) is 11.3 Å². The predicted molar refractivity (Wildman–Crippen MR) is 105 cm³/mol. The molecule has 0 aliphatic carbocycles. The van der Waals surface area contributed by atoms with E-state index >= 15 is 0 Å². The topological polar surface area (TPSA) is 64.8 Å². The summed E-state index contributed by atoms with van der Waals surface area (Å²) in [6.45, 7) is 5.86. The quantitative estimate of drug-likeness (QED) is 0.708. The van der Waals surface area contributed by atoms with Crippen LogP contribution in [-0.4, -0.2) is 23.1 Å². The summed E-state index contributed by atoms with van der Waals surface area (Å²) in [5.41, 5.74) is 3.43. The van der Waals surface area contributed by atoms with Crippen molar-refractivity contribution in [2.24, 2.45) is 0 Å². The molecule has 1 heterocycles. The molecule has 5 heteroatoms. The molecule has 2 aromatic carbocycles. The zero-order valence-electron chi connectivity index (χ0n) is 15.0. The molecule has 26 heavy (non-hydrogen) atoms. The Morgan fingerprint density at radius 2 is 1.65 bits per heavy atom. The van der Waals surface area contributed by atoms with Gasteiger partial charge in [-0.1, -0.05) is 30.3 Å². The summed E-state index contributed by atoms with van der Waals surface area (Å²) in [7, 11) is 0. The first kappa shape index (κ1) is 17.4. The molecule has 0 amide bonds. The van der Waals surface area contributed by atoms with Gasteiger partial charge in [-0.2, -0.15) is 10.2 Å². The van der Waals surface area contributed by atoms with Crippen molar-refractivity contribution in [3.05, 3.63) is 66.2 Å². The summed E-state index contributed by atoms with van der Waals surface area (Å²) in [5, 5.41) is 12.3. The zero-order valence-corrected chi connectivity index (χ0v) is 15.0. The van der Waals surface area contributed by atoms with Crippen molar-refractivity contribution >= 4 is 17.5 Å². The van der Waals surface area contributed by atoms with Crippen LogP contribution in [0.5, 0.6) is 0 Å². The molecule has 0 aliphatic heterocycles. The normalized spacial score (nSPS) is 10.2. The molecule has 3 rings (SSSR count). The molecular weight excluding hydrogens is 322 g/mol. The Hall–Kier alpha value is -3.39. The van der Waals surface area contributed by atoms with Gasteiger partial charge in [0.15, 0.2) is 0 Å². The Kier molecular flexibility index (Phi) is 5.45. The molecule has 0 atom stereocenters. The van der Waals surface area contributed by atoms with E-state index in [1.165, 1.54) is 0 Å². The largest absolute Gasteiger partial charge is 0.341 e. The standard InChI is InChI=1S/C21H21N5/c1-3-26(4-2)21-24-19(17-8-6-5-7-9-17)14-20(25-21)23-18-12-10-16(15-22)11-13-18/h5-14H,3-4H2,1-2H3,(H,23,24,25). The van der Waals surface area contributed by atoms with Crippen molar-refractivity contribution in [3.63, 3.8) is 0 Å². The van der Waals surface area contributed by atoms with Crippen molar-refractivity contribution in [1.29, 1.82) is 5.26 Å². The predicted octanol–water partition coefficient (Wildman–Crippen LogP) is 4.61. The molecule has 0 fully saturated rings. The Balaban J connectivity index is 2.00. The first-order chi connectivity index (χ1) is 12.7. The number of nitrogens with one attached hydrogen (secondary N) is 1. The summed E-state index contributed by atoms with van der Waals surface area (Å²) in [6.07, 6.45) is 0. The minimum absolute atomic E-state index is 0.632. The van der Waals surface area contributed by atoms with Crippen LogP contribution in [0.2, 0.25) is 0 Å². The second-order valence-corrected chi connectivity index (χ2v) is 5.79. The summed E-state index contributed by atoms with van der Waals surface area (Å²) < 4.78 is 0. The van der Waals surface area contributed by atoms with Gasteiger partial charge < -0.3 is 10.2 Å². The Morgan fingerprint density at radius 1 is 0.962 bits per heavy atom. The fraction of sp³-hybridized carbons (Fsp3) is 0.190. The SMILES string of the molecule is CCN(CC)c1nc(Nc2ccc(C#N)cc2)cc(-c2ccccc2)n1. The minimum atomic E-state index is 0.632. The highest BCUT2D eigenvalue weighted by molar-refractivity contribution is 5.67. The number of nitrogens with zero attached hydrogens (tertiary/aromatic N) is 4. The fourth-order valence-electron chi connectivity index (χ4n) is 2.68. The minimum Gasteiger partial charge on any atom is -0.341 e. The maximum absolute atomic E-state index is 8.94. The molecule has 0 spiro atoms. The van der Waals surface area contributed by atoms with Crippen molar-refractivity contribution in [2.75, 3.05) is 23.3 Å². The van der Waals surface area contributed by atoms with Crippen LogP contribution < -0.4 is 10.2 Å². The van der Waals surface area contributed by atoms with Gasteiger partial charge in [0.05, 0.1) is 17.3 Å². The molecule has 0 aliphatic rings. The van der Waals surface area contributed by atoms with E-state index in [4.69, 9.17) is 10.2 Å². The molecular formula is C21H21N5. The lowest BCUT2D eigenvalue weighted by Crippen LogP contribution is -2.24. The monoisotopic (exact) mass is 343 g/mol. The van der Waals surface area contributed by atoms with E-state index < -0.39 is 0 Å². The number of benzene rings is 2. The first-order valence-corrected chi connectivity index (χ1v) is 8.70. The summed E-state index contributed by atoms with van der Waals surface area (Å²) in [5.74, 6) is 1.43. The van der Waals surface area contributed by atoms with Gasteiger partial charge in [-0.25, -0.2) is 4.98 Å². The lowest BCUT2D eigenvalue weighted by molar-refractivity contribution is 0.823. The highest BCUT2D eigenvalue weighted by Gasteiger charge is 2.11. The van der Waals surface area contributed by atoms with E-state index in [-0.39, 0.29) is 0 Å².